The summed E-state index contributed by atoms with van der Waals surface area (Å²) in [4.78, 5) is 75.7. The second-order valence-electron chi connectivity index (χ2n) is 24.5. The zero-order chi connectivity index (χ0) is 67.6. The maximum absolute atomic E-state index is 12.4. The molecule has 6 atom stereocenters. The molecule has 0 radical (unpaired) electrons. The molecule has 0 saturated carbocycles. The van der Waals surface area contributed by atoms with Crippen LogP contribution in [0, 0.1) is 17.8 Å². The number of rotatable bonds is 15. The maximum atomic E-state index is 12.4. The molecule has 496 valence electrons. The average Bonchev–Trinajstić information content (AvgIpc) is 1.69. The number of benzene rings is 6. The number of likely N-dealkylation sites (tertiary alicyclic amines) is 3. The second kappa shape index (κ2) is 28.3. The minimum Gasteiger partial charge on any atom is -0.476 e. The summed E-state index contributed by atoms with van der Waals surface area (Å²) < 4.78 is 11.1. The molecule has 17 rings (SSSR count). The normalized spacial score (nSPS) is 19.2. The van der Waals surface area contributed by atoms with Gasteiger partial charge in [0.2, 0.25) is 29.4 Å². The van der Waals surface area contributed by atoms with Crippen molar-refractivity contribution in [2.24, 2.45) is 28.6 Å². The van der Waals surface area contributed by atoms with Crippen LogP contribution in [0.15, 0.2) is 176 Å². The predicted octanol–water partition coefficient (Wildman–Crippen LogP) is 12.1. The van der Waals surface area contributed by atoms with Crippen molar-refractivity contribution < 1.29 is 48.8 Å². The molecule has 0 spiro atoms. The Morgan fingerprint density at radius 2 is 0.908 bits per heavy atom. The van der Waals surface area contributed by atoms with Crippen molar-refractivity contribution >= 4 is 63.5 Å². The van der Waals surface area contributed by atoms with Crippen molar-refractivity contribution in [1.29, 1.82) is 0 Å². The SMILES string of the molecule is CCCN1C(=O)CC2Cc3c(/C(N)=N/O)cccc3C21.O=C(O)c1csc(-c2ccccc2)n1.O=C1CC2Cc3c(-c4noc(-c5csc(-c6ccccc6)n5)n4)cccc3C2N1CCO.O=C1CC2Cc3c(-c4noc(-c5csc(-c6ccccc6)n5)n4)cccc3C2N1CCO. The Morgan fingerprint density at radius 3 is 1.32 bits per heavy atom. The predicted molar refractivity (Wildman–Crippen MR) is 369 cm³/mol. The Hall–Kier alpha value is -10.4. The van der Waals surface area contributed by atoms with Gasteiger partial charge in [0.1, 0.15) is 26.4 Å². The molecule has 22 nitrogen and oxygen atoms in total. The van der Waals surface area contributed by atoms with E-state index in [2.05, 4.69) is 65.5 Å². The highest BCUT2D eigenvalue weighted by Gasteiger charge is 2.49. The second-order valence-corrected chi connectivity index (χ2v) is 27.1. The van der Waals surface area contributed by atoms with E-state index in [4.69, 9.17) is 25.1 Å². The summed E-state index contributed by atoms with van der Waals surface area (Å²) in [6, 6.07) is 47.7. The molecule has 3 aliphatic carbocycles. The molecular formula is C73H66N12O10S3. The van der Waals surface area contributed by atoms with E-state index in [-0.39, 0.29) is 72.4 Å². The number of aromatic carboxylic acids is 1. The Kier molecular flexibility index (Phi) is 18.8. The van der Waals surface area contributed by atoms with E-state index >= 15 is 0 Å². The fraction of sp³-hybridized carbons (Fsp3) is 0.260. The van der Waals surface area contributed by atoms with Crippen LogP contribution in [0.1, 0.15) is 100 Å². The van der Waals surface area contributed by atoms with Crippen molar-refractivity contribution in [2.45, 2.75) is 70.0 Å². The van der Waals surface area contributed by atoms with Gasteiger partial charge in [0.25, 0.3) is 11.8 Å². The number of amides is 3. The molecular weight excluding hydrogens is 1300 g/mol. The molecule has 3 amide bonds. The molecule has 0 bridgehead atoms. The van der Waals surface area contributed by atoms with Crippen LogP contribution >= 0.6 is 34.0 Å². The van der Waals surface area contributed by atoms with Gasteiger partial charge in [-0.15, -0.1) is 34.0 Å². The van der Waals surface area contributed by atoms with Crippen LogP contribution in [-0.4, -0.2) is 133 Å². The van der Waals surface area contributed by atoms with Crippen molar-refractivity contribution in [1.82, 2.24) is 49.9 Å². The lowest BCUT2D eigenvalue weighted by molar-refractivity contribution is -0.130. The number of carbonyl (C=O) groups is 4. The van der Waals surface area contributed by atoms with E-state index in [9.17, 15) is 29.4 Å². The Morgan fingerprint density at radius 1 is 0.510 bits per heavy atom. The molecule has 3 aliphatic heterocycles. The number of carboxylic acid groups (broad SMARTS) is 1. The third kappa shape index (κ3) is 12.7. The lowest BCUT2D eigenvalue weighted by atomic mass is 10.0. The van der Waals surface area contributed by atoms with Gasteiger partial charge in [0, 0.05) is 88.4 Å². The van der Waals surface area contributed by atoms with Crippen LogP contribution in [0.25, 0.3) is 77.7 Å². The van der Waals surface area contributed by atoms with Crippen molar-refractivity contribution in [2.75, 3.05) is 32.8 Å². The van der Waals surface area contributed by atoms with Crippen molar-refractivity contribution in [3.05, 3.63) is 206 Å². The van der Waals surface area contributed by atoms with Crippen LogP contribution in [0.4, 0.5) is 0 Å². The molecule has 11 aromatic rings. The summed E-state index contributed by atoms with van der Waals surface area (Å²) in [6.07, 6.45) is 5.01. The number of carbonyl (C=O) groups excluding carboxylic acids is 3. The summed E-state index contributed by atoms with van der Waals surface area (Å²) in [5.74, 6) is 2.29. The number of hydrogen-bond donors (Lipinski definition) is 5. The largest absolute Gasteiger partial charge is 0.476 e. The number of aromatic nitrogens is 7. The first-order chi connectivity index (χ1) is 47.9. The van der Waals surface area contributed by atoms with Crippen LogP contribution < -0.4 is 5.73 Å². The minimum absolute atomic E-state index is 0.0166. The Balaban J connectivity index is 0.000000117. The van der Waals surface area contributed by atoms with E-state index in [0.717, 1.165) is 108 Å². The molecule has 6 unspecified atom stereocenters. The lowest BCUT2D eigenvalue weighted by Gasteiger charge is -2.24. The van der Waals surface area contributed by atoms with Crippen LogP contribution in [0.5, 0.6) is 0 Å². The summed E-state index contributed by atoms with van der Waals surface area (Å²) in [7, 11) is 0. The number of nitrogens with zero attached hydrogens (tertiary/aromatic N) is 11. The van der Waals surface area contributed by atoms with E-state index in [0.29, 0.717) is 73.1 Å². The average molecular weight is 1370 g/mol. The van der Waals surface area contributed by atoms with Gasteiger partial charge in [-0.05, 0) is 76.8 Å². The highest BCUT2D eigenvalue weighted by molar-refractivity contribution is 7.14. The fourth-order valence-electron chi connectivity index (χ4n) is 14.6. The Labute approximate surface area is 574 Å². The van der Waals surface area contributed by atoms with Gasteiger partial charge in [0.15, 0.2) is 11.5 Å². The molecule has 6 aromatic carbocycles. The van der Waals surface area contributed by atoms with Gasteiger partial charge in [-0.2, -0.15) is 9.97 Å². The number of hydrogen-bond acceptors (Lipinski definition) is 20. The first-order valence-corrected chi connectivity index (χ1v) is 34.9. The number of carboxylic acids is 1. The van der Waals surface area contributed by atoms with Gasteiger partial charge in [0.05, 0.1) is 31.3 Å². The fourth-order valence-corrected chi connectivity index (χ4v) is 17.0. The standard InChI is InChI=1S/2C24H20N4O3S.C15H19N3O2.C10H7NO2S/c2*29-10-9-28-20(30)12-15-11-18-16(21(15)28)7-4-8-17(18)22-26-23(31-27-22)19-13-32-24(25-19)14-5-2-1-3-6-14;1-2-6-18-13(19)8-9-7-12-10(14(9)18)4-3-5-11(12)15(16)17-20;12-10(13)8-6-14-9(11-8)7-4-2-1-3-5-7/h2*1-8,13,15,21,29H,9-12H2;3-5,9,14,20H,2,6-8H2,1H3,(H2,16,17);1-6H,(H,12,13). The van der Waals surface area contributed by atoms with Gasteiger partial charge >= 0.3 is 5.97 Å². The highest BCUT2D eigenvalue weighted by Crippen LogP contribution is 2.52. The third-order valence-corrected chi connectivity index (χ3v) is 21.4. The summed E-state index contributed by atoms with van der Waals surface area (Å²) in [6.45, 7) is 3.55. The number of thiazole rings is 3. The van der Waals surface area contributed by atoms with E-state index < -0.39 is 5.97 Å². The minimum atomic E-state index is -0.983. The van der Waals surface area contributed by atoms with Gasteiger partial charge in [-0.3, -0.25) is 14.4 Å². The number of β-amino-alcohol motifs (C(OH)–C–C–N with tert-alkyl or cyclic N) is 2. The van der Waals surface area contributed by atoms with Gasteiger partial charge < -0.3 is 50.0 Å². The number of oxime groups is 1. The molecule has 3 saturated heterocycles. The van der Waals surface area contributed by atoms with E-state index in [1.54, 1.807) is 28.1 Å². The summed E-state index contributed by atoms with van der Waals surface area (Å²) in [5.41, 5.74) is 19.8. The van der Waals surface area contributed by atoms with Crippen molar-refractivity contribution in [3.63, 3.8) is 0 Å². The number of nitrogens with two attached hydrogens (primary N) is 1. The molecule has 3 fully saturated rings. The first-order valence-electron chi connectivity index (χ1n) is 32.3. The number of aliphatic hydroxyl groups excluding tert-OH is 2. The highest BCUT2D eigenvalue weighted by atomic mass is 32.1. The summed E-state index contributed by atoms with van der Waals surface area (Å²) in [5, 5.41) is 55.9. The molecule has 25 heteroatoms. The number of aliphatic hydroxyl groups is 2. The Bertz CT molecular complexity index is 4560. The molecule has 6 aliphatic rings. The van der Waals surface area contributed by atoms with E-state index in [1.807, 2.05) is 153 Å². The summed E-state index contributed by atoms with van der Waals surface area (Å²) >= 11 is 4.42. The maximum Gasteiger partial charge on any atom is 0.355 e. The zero-order valence-electron chi connectivity index (χ0n) is 53.0. The topological polar surface area (TPSA) is 314 Å². The lowest BCUT2D eigenvalue weighted by Crippen LogP contribution is -2.30. The van der Waals surface area contributed by atoms with Gasteiger partial charge in [-0.25, -0.2) is 19.7 Å². The number of fused-ring (bicyclic) bond motifs is 9. The van der Waals surface area contributed by atoms with E-state index in [1.165, 1.54) is 16.9 Å². The van der Waals surface area contributed by atoms with Crippen LogP contribution in [0.3, 0.4) is 0 Å². The molecule has 5 aromatic heterocycles. The first kappa shape index (κ1) is 64.9. The molecule has 6 N–H and O–H groups in total. The molecule has 8 heterocycles. The van der Waals surface area contributed by atoms with Gasteiger partial charge in [-0.1, -0.05) is 168 Å². The third-order valence-electron chi connectivity index (χ3n) is 18.7. The van der Waals surface area contributed by atoms with Crippen molar-refractivity contribution in [3.8, 4) is 77.7 Å². The zero-order valence-corrected chi connectivity index (χ0v) is 55.4. The molecule has 98 heavy (non-hydrogen) atoms. The van der Waals surface area contributed by atoms with Crippen LogP contribution in [0.2, 0.25) is 0 Å². The smallest absolute Gasteiger partial charge is 0.355 e. The quantitative estimate of drug-likeness (QED) is 0.0276. The monoisotopic (exact) mass is 1370 g/mol. The van der Waals surface area contributed by atoms with Crippen LogP contribution in [-0.2, 0) is 33.6 Å². The number of amidine groups is 1.